The first-order valence-electron chi connectivity index (χ1n) is 9.13. The zero-order valence-corrected chi connectivity index (χ0v) is 16.4. The summed E-state index contributed by atoms with van der Waals surface area (Å²) in [7, 11) is 0. The van der Waals surface area contributed by atoms with Crippen molar-refractivity contribution < 1.29 is 19.0 Å². The fraction of sp³-hybridized carbons (Fsp3) is 0.611. The lowest BCUT2D eigenvalue weighted by Gasteiger charge is -2.38. The highest BCUT2D eigenvalue weighted by atomic mass is 79.9. The zero-order chi connectivity index (χ0) is 17.9. The number of carbonyl (C=O) groups is 1. The number of benzene rings is 1. The van der Waals surface area contributed by atoms with Crippen LogP contribution in [0.15, 0.2) is 16.6 Å². The zero-order valence-electron chi connectivity index (χ0n) is 14.8. The van der Waals surface area contributed by atoms with Crippen LogP contribution in [-0.4, -0.2) is 86.4 Å². The molecule has 0 saturated carbocycles. The second-order valence-electron chi connectivity index (χ2n) is 6.73. The Morgan fingerprint density at radius 1 is 0.885 bits per heavy atom. The van der Waals surface area contributed by atoms with Gasteiger partial charge < -0.3 is 24.0 Å². The molecule has 2 fully saturated rings. The van der Waals surface area contributed by atoms with E-state index in [-0.39, 0.29) is 6.03 Å². The summed E-state index contributed by atoms with van der Waals surface area (Å²) in [6, 6.07) is 4.19. The summed E-state index contributed by atoms with van der Waals surface area (Å²) in [6.07, 6.45) is 0. The first kappa shape index (κ1) is 17.9. The number of halogens is 1. The molecule has 1 aromatic rings. The molecule has 0 aliphatic carbocycles. The average Bonchev–Trinajstić information content (AvgIpc) is 2.69. The van der Waals surface area contributed by atoms with E-state index in [0.29, 0.717) is 39.5 Å². The SMILES string of the molecule is O=C(N1CCOCC1)N1CCN(Cc2cc3c(cc2Br)OCCO3)CC1. The number of nitrogens with zero attached hydrogens (tertiary/aromatic N) is 3. The molecule has 0 bridgehead atoms. The molecule has 1 aromatic carbocycles. The Kier molecular flexibility index (Phi) is 5.52. The Labute approximate surface area is 161 Å². The summed E-state index contributed by atoms with van der Waals surface area (Å²) in [4.78, 5) is 18.8. The van der Waals surface area contributed by atoms with E-state index in [2.05, 4.69) is 26.9 Å². The minimum Gasteiger partial charge on any atom is -0.486 e. The van der Waals surface area contributed by atoms with Gasteiger partial charge in [0.25, 0.3) is 0 Å². The van der Waals surface area contributed by atoms with Gasteiger partial charge >= 0.3 is 6.03 Å². The topological polar surface area (TPSA) is 54.5 Å². The number of hydrogen-bond acceptors (Lipinski definition) is 5. The third-order valence-corrected chi connectivity index (χ3v) is 5.77. The number of ether oxygens (including phenoxy) is 3. The third-order valence-electron chi connectivity index (χ3n) is 5.03. The predicted molar refractivity (Wildman–Crippen MR) is 99.8 cm³/mol. The van der Waals surface area contributed by atoms with Crippen LogP contribution >= 0.6 is 15.9 Å². The Bertz CT molecular complexity index is 658. The van der Waals surface area contributed by atoms with Gasteiger partial charge in [-0.05, 0) is 17.7 Å². The second kappa shape index (κ2) is 8.02. The van der Waals surface area contributed by atoms with Crippen molar-refractivity contribution in [3.8, 4) is 11.5 Å². The second-order valence-corrected chi connectivity index (χ2v) is 7.59. The maximum Gasteiger partial charge on any atom is 0.320 e. The van der Waals surface area contributed by atoms with Gasteiger partial charge in [-0.3, -0.25) is 4.90 Å². The van der Waals surface area contributed by atoms with Gasteiger partial charge in [0.2, 0.25) is 0 Å². The van der Waals surface area contributed by atoms with Crippen LogP contribution in [-0.2, 0) is 11.3 Å². The Morgan fingerprint density at radius 2 is 1.50 bits per heavy atom. The number of urea groups is 1. The van der Waals surface area contributed by atoms with Gasteiger partial charge in [0.1, 0.15) is 13.2 Å². The van der Waals surface area contributed by atoms with Crippen LogP contribution in [0.3, 0.4) is 0 Å². The van der Waals surface area contributed by atoms with Crippen molar-refractivity contribution in [3.05, 3.63) is 22.2 Å². The van der Waals surface area contributed by atoms with E-state index in [0.717, 1.165) is 48.7 Å². The summed E-state index contributed by atoms with van der Waals surface area (Å²) in [6.45, 7) is 7.97. The van der Waals surface area contributed by atoms with Crippen LogP contribution < -0.4 is 9.47 Å². The molecule has 8 heteroatoms. The smallest absolute Gasteiger partial charge is 0.320 e. The number of amides is 2. The quantitative estimate of drug-likeness (QED) is 0.722. The number of rotatable bonds is 2. The normalized spacial score (nSPS) is 21.0. The van der Waals surface area contributed by atoms with Crippen LogP contribution in [0.5, 0.6) is 11.5 Å². The van der Waals surface area contributed by atoms with Crippen molar-refractivity contribution >= 4 is 22.0 Å². The monoisotopic (exact) mass is 425 g/mol. The van der Waals surface area contributed by atoms with E-state index in [1.54, 1.807) is 0 Å². The molecule has 3 aliphatic heterocycles. The number of carbonyl (C=O) groups excluding carboxylic acids is 1. The maximum atomic E-state index is 12.6. The minimum atomic E-state index is 0.147. The predicted octanol–water partition coefficient (Wildman–Crippen LogP) is 1.79. The van der Waals surface area contributed by atoms with E-state index in [9.17, 15) is 4.79 Å². The Balaban J connectivity index is 1.33. The molecule has 2 saturated heterocycles. The lowest BCUT2D eigenvalue weighted by Crippen LogP contribution is -2.54. The summed E-state index contributed by atoms with van der Waals surface area (Å²) in [5.74, 6) is 1.61. The fourth-order valence-electron chi connectivity index (χ4n) is 3.52. The molecular formula is C18H24BrN3O4. The van der Waals surface area contributed by atoms with Crippen LogP contribution in [0.4, 0.5) is 4.79 Å². The fourth-order valence-corrected chi connectivity index (χ4v) is 3.97. The molecule has 0 spiro atoms. The van der Waals surface area contributed by atoms with Crippen molar-refractivity contribution in [3.63, 3.8) is 0 Å². The molecule has 4 rings (SSSR count). The van der Waals surface area contributed by atoms with Gasteiger partial charge in [-0.2, -0.15) is 0 Å². The first-order chi connectivity index (χ1) is 12.7. The molecule has 3 aliphatic rings. The molecule has 7 nitrogen and oxygen atoms in total. The lowest BCUT2D eigenvalue weighted by atomic mass is 10.1. The van der Waals surface area contributed by atoms with Gasteiger partial charge in [0.05, 0.1) is 13.2 Å². The highest BCUT2D eigenvalue weighted by Gasteiger charge is 2.27. The van der Waals surface area contributed by atoms with Gasteiger partial charge in [0.15, 0.2) is 11.5 Å². The van der Waals surface area contributed by atoms with E-state index in [4.69, 9.17) is 14.2 Å². The van der Waals surface area contributed by atoms with Crippen molar-refractivity contribution in [2.45, 2.75) is 6.54 Å². The molecule has 0 N–H and O–H groups in total. The molecule has 26 heavy (non-hydrogen) atoms. The average molecular weight is 426 g/mol. The van der Waals surface area contributed by atoms with Crippen LogP contribution in [0.2, 0.25) is 0 Å². The maximum absolute atomic E-state index is 12.6. The van der Waals surface area contributed by atoms with Gasteiger partial charge in [-0.25, -0.2) is 4.79 Å². The molecule has 0 radical (unpaired) electrons. The standard InChI is InChI=1S/C18H24BrN3O4/c19-15-12-17-16(25-9-10-26-17)11-14(15)13-20-1-3-21(4-2-20)18(23)22-5-7-24-8-6-22/h11-12H,1-10,13H2. The van der Waals surface area contributed by atoms with E-state index in [1.807, 2.05) is 15.9 Å². The van der Waals surface area contributed by atoms with E-state index in [1.165, 1.54) is 5.56 Å². The summed E-state index contributed by atoms with van der Waals surface area (Å²) in [5, 5.41) is 0. The third kappa shape index (κ3) is 3.92. The van der Waals surface area contributed by atoms with Crippen molar-refractivity contribution in [2.75, 3.05) is 65.7 Å². The first-order valence-corrected chi connectivity index (χ1v) is 9.92. The lowest BCUT2D eigenvalue weighted by molar-refractivity contribution is 0.0373. The van der Waals surface area contributed by atoms with Crippen LogP contribution in [0.25, 0.3) is 0 Å². The van der Waals surface area contributed by atoms with Gasteiger partial charge in [0, 0.05) is 50.3 Å². The molecule has 0 unspecified atom stereocenters. The van der Waals surface area contributed by atoms with E-state index < -0.39 is 0 Å². The van der Waals surface area contributed by atoms with Crippen molar-refractivity contribution in [1.29, 1.82) is 0 Å². The van der Waals surface area contributed by atoms with Crippen molar-refractivity contribution in [2.24, 2.45) is 0 Å². The number of fused-ring (bicyclic) bond motifs is 1. The van der Waals surface area contributed by atoms with Crippen molar-refractivity contribution in [1.82, 2.24) is 14.7 Å². The number of hydrogen-bond donors (Lipinski definition) is 0. The Hall–Kier alpha value is -1.51. The Morgan fingerprint density at radius 3 is 2.19 bits per heavy atom. The molecule has 142 valence electrons. The highest BCUT2D eigenvalue weighted by molar-refractivity contribution is 9.10. The molecule has 3 heterocycles. The minimum absolute atomic E-state index is 0.147. The number of piperazine rings is 1. The van der Waals surface area contributed by atoms with Gasteiger partial charge in [-0.15, -0.1) is 0 Å². The molecule has 0 aromatic heterocycles. The highest BCUT2D eigenvalue weighted by Crippen LogP contribution is 2.36. The molecule has 2 amide bonds. The summed E-state index contributed by atoms with van der Waals surface area (Å²) in [5.41, 5.74) is 1.18. The summed E-state index contributed by atoms with van der Waals surface area (Å²) < 4.78 is 17.7. The van der Waals surface area contributed by atoms with Gasteiger partial charge in [-0.1, -0.05) is 15.9 Å². The van der Waals surface area contributed by atoms with E-state index >= 15 is 0 Å². The van der Waals surface area contributed by atoms with Crippen LogP contribution in [0.1, 0.15) is 5.56 Å². The molecular weight excluding hydrogens is 402 g/mol. The summed E-state index contributed by atoms with van der Waals surface area (Å²) >= 11 is 3.64. The number of morpholine rings is 1. The molecule has 0 atom stereocenters. The largest absolute Gasteiger partial charge is 0.486 e. The van der Waals surface area contributed by atoms with Crippen LogP contribution in [0, 0.1) is 0 Å².